The summed E-state index contributed by atoms with van der Waals surface area (Å²) in [6.45, 7) is 3.09. The summed E-state index contributed by atoms with van der Waals surface area (Å²) in [6.07, 6.45) is 12.3. The molecule has 0 spiro atoms. The lowest BCUT2D eigenvalue weighted by Crippen LogP contribution is -2.06. The molecule has 0 atom stereocenters. The first-order valence-electron chi connectivity index (χ1n) is 12.2. The van der Waals surface area contributed by atoms with Crippen molar-refractivity contribution in [3.63, 3.8) is 0 Å². The second kappa shape index (κ2) is 13.4. The maximum absolute atomic E-state index is 12.8. The second-order valence-corrected chi connectivity index (χ2v) is 8.48. The number of hydrogen-bond donors (Lipinski definition) is 0. The Morgan fingerprint density at radius 1 is 0.971 bits per heavy atom. The quantitative estimate of drug-likeness (QED) is 0.114. The van der Waals surface area contributed by atoms with Crippen LogP contribution in [0.5, 0.6) is 5.75 Å². The smallest absolute Gasteiger partial charge is 0.306 e. The molecule has 180 valence electrons. The summed E-state index contributed by atoms with van der Waals surface area (Å²) < 4.78 is 12.6. The summed E-state index contributed by atoms with van der Waals surface area (Å²) >= 11 is 0. The van der Waals surface area contributed by atoms with E-state index in [4.69, 9.17) is 9.47 Å². The molecule has 0 saturated carbocycles. The lowest BCUT2D eigenvalue weighted by atomic mass is 10.1. The summed E-state index contributed by atoms with van der Waals surface area (Å²) in [5.41, 5.74) is 2.64. The maximum atomic E-state index is 12.8. The first kappa shape index (κ1) is 25.3. The Balaban J connectivity index is 1.52. The maximum Gasteiger partial charge on any atom is 0.306 e. The van der Waals surface area contributed by atoms with Gasteiger partial charge in [0.2, 0.25) is 0 Å². The number of aromatic nitrogens is 1. The highest BCUT2D eigenvalue weighted by atomic mass is 16.5. The van der Waals surface area contributed by atoms with E-state index >= 15 is 0 Å². The number of esters is 1. The molecule has 0 unspecified atom stereocenters. The minimum Gasteiger partial charge on any atom is -0.497 e. The number of benzene rings is 2. The molecule has 0 N–H and O–H groups in total. The Hall–Kier alpha value is -3.34. The zero-order valence-electron chi connectivity index (χ0n) is 20.3. The molecule has 34 heavy (non-hydrogen) atoms. The van der Waals surface area contributed by atoms with Gasteiger partial charge in [0.1, 0.15) is 12.4 Å². The van der Waals surface area contributed by atoms with E-state index in [9.17, 15) is 9.59 Å². The predicted octanol–water partition coefficient (Wildman–Crippen LogP) is 6.88. The number of fused-ring (bicyclic) bond motifs is 1. The largest absolute Gasteiger partial charge is 0.497 e. The number of ether oxygens (including phenoxy) is 2. The van der Waals surface area contributed by atoms with Gasteiger partial charge in [-0.3, -0.25) is 9.59 Å². The molecule has 0 saturated heterocycles. The summed E-state index contributed by atoms with van der Waals surface area (Å²) in [5.74, 6) is 0.577. The van der Waals surface area contributed by atoms with Crippen LogP contribution in [0.2, 0.25) is 0 Å². The highest BCUT2D eigenvalue weighted by Crippen LogP contribution is 2.23. The molecule has 0 fully saturated rings. The summed E-state index contributed by atoms with van der Waals surface area (Å²) in [7, 11) is 1.62. The van der Waals surface area contributed by atoms with Gasteiger partial charge in [-0.25, -0.2) is 0 Å². The van der Waals surface area contributed by atoms with Gasteiger partial charge >= 0.3 is 5.97 Å². The Morgan fingerprint density at radius 2 is 1.76 bits per heavy atom. The zero-order valence-corrected chi connectivity index (χ0v) is 20.3. The van der Waals surface area contributed by atoms with Gasteiger partial charge in [0, 0.05) is 35.6 Å². The Morgan fingerprint density at radius 3 is 2.53 bits per heavy atom. The van der Waals surface area contributed by atoms with Gasteiger partial charge in [-0.05, 0) is 49.1 Å². The fourth-order valence-corrected chi connectivity index (χ4v) is 3.95. The molecule has 0 bridgehead atoms. The Kier molecular flexibility index (Phi) is 9.96. The van der Waals surface area contributed by atoms with Gasteiger partial charge in [-0.15, -0.1) is 0 Å². The topological polar surface area (TPSA) is 57.5 Å². The number of para-hydroxylation sites is 1. The van der Waals surface area contributed by atoms with Crippen LogP contribution in [0.25, 0.3) is 10.9 Å². The number of allylic oxidation sites excluding steroid dienone is 2. The van der Waals surface area contributed by atoms with Crippen molar-refractivity contribution in [3.05, 3.63) is 78.0 Å². The molecule has 0 aliphatic carbocycles. The Bertz CT molecular complexity index is 1100. The van der Waals surface area contributed by atoms with Crippen LogP contribution in [-0.4, -0.2) is 23.4 Å². The molecular weight excluding hydrogens is 426 g/mol. The first-order valence-corrected chi connectivity index (χ1v) is 12.2. The lowest BCUT2D eigenvalue weighted by molar-refractivity contribution is -0.145. The highest BCUT2D eigenvalue weighted by molar-refractivity contribution is 6.13. The number of aryl methyl sites for hydroxylation is 1. The standard InChI is InChI=1S/C29H35NO4/c1-3-4-5-6-7-8-14-28(31)26-21-30(27-13-10-9-12-25(26)27)20-11-15-29(32)34-22-23-16-18-24(33-2)19-17-23/h8-10,12-14,16-19,21H,3-7,11,15,20,22H2,1-2H3/b14-8+. The number of methoxy groups -OCH3 is 1. The van der Waals surface area contributed by atoms with Crippen molar-refractivity contribution in [1.82, 2.24) is 4.57 Å². The van der Waals surface area contributed by atoms with Crippen LogP contribution < -0.4 is 4.74 Å². The van der Waals surface area contributed by atoms with E-state index in [0.717, 1.165) is 35.1 Å². The first-order chi connectivity index (χ1) is 16.6. The van der Waals surface area contributed by atoms with Crippen LogP contribution in [0.1, 0.15) is 67.8 Å². The van der Waals surface area contributed by atoms with Crippen molar-refractivity contribution >= 4 is 22.7 Å². The van der Waals surface area contributed by atoms with Gasteiger partial charge in [0.15, 0.2) is 5.78 Å². The van der Waals surface area contributed by atoms with Crippen molar-refractivity contribution in [2.45, 2.75) is 65.0 Å². The molecular formula is C29H35NO4. The molecule has 0 aliphatic rings. The number of carbonyl (C=O) groups is 2. The number of rotatable bonds is 14. The third-order valence-corrected chi connectivity index (χ3v) is 5.89. The van der Waals surface area contributed by atoms with E-state index in [-0.39, 0.29) is 18.4 Å². The van der Waals surface area contributed by atoms with Crippen molar-refractivity contribution in [3.8, 4) is 5.75 Å². The number of hydrogen-bond acceptors (Lipinski definition) is 4. The van der Waals surface area contributed by atoms with Crippen molar-refractivity contribution in [2.24, 2.45) is 0 Å². The van der Waals surface area contributed by atoms with Crippen LogP contribution in [0, 0.1) is 0 Å². The van der Waals surface area contributed by atoms with Crippen molar-refractivity contribution in [2.75, 3.05) is 7.11 Å². The van der Waals surface area contributed by atoms with Crippen molar-refractivity contribution < 1.29 is 19.1 Å². The fraction of sp³-hybridized carbons (Fsp3) is 0.379. The highest BCUT2D eigenvalue weighted by Gasteiger charge is 2.13. The lowest BCUT2D eigenvalue weighted by Gasteiger charge is -2.07. The molecule has 5 nitrogen and oxygen atoms in total. The summed E-state index contributed by atoms with van der Waals surface area (Å²) in [4.78, 5) is 25.0. The van der Waals surface area contributed by atoms with Gasteiger partial charge in [0.25, 0.3) is 0 Å². The van der Waals surface area contributed by atoms with Crippen molar-refractivity contribution in [1.29, 1.82) is 0 Å². The summed E-state index contributed by atoms with van der Waals surface area (Å²) in [5, 5.41) is 0.949. The number of carbonyl (C=O) groups excluding carboxylic acids is 2. The third kappa shape index (κ3) is 7.34. The van der Waals surface area contributed by atoms with E-state index in [0.29, 0.717) is 24.9 Å². The molecule has 1 aromatic heterocycles. The van der Waals surface area contributed by atoms with Crippen LogP contribution >= 0.6 is 0 Å². The molecule has 0 aliphatic heterocycles. The molecule has 1 heterocycles. The summed E-state index contributed by atoms with van der Waals surface area (Å²) in [6, 6.07) is 15.4. The minimum absolute atomic E-state index is 0.0318. The molecule has 2 aromatic carbocycles. The molecule has 0 amide bonds. The number of ketones is 1. The van der Waals surface area contributed by atoms with E-state index in [1.807, 2.05) is 60.8 Å². The molecule has 0 radical (unpaired) electrons. The SMILES string of the molecule is CCCCCC/C=C/C(=O)c1cn(CCCC(=O)OCc2ccc(OC)cc2)c2ccccc12. The average molecular weight is 462 g/mol. The van der Waals surface area contributed by atoms with Crippen LogP contribution in [0.4, 0.5) is 0 Å². The van der Waals surface area contributed by atoms with Crippen LogP contribution in [0.15, 0.2) is 66.9 Å². The molecule has 3 aromatic rings. The van der Waals surface area contributed by atoms with Crippen LogP contribution in [-0.2, 0) is 22.7 Å². The normalized spacial score (nSPS) is 11.2. The fourth-order valence-electron chi connectivity index (χ4n) is 3.95. The molecule has 5 heteroatoms. The monoisotopic (exact) mass is 461 g/mol. The Labute approximate surface area is 202 Å². The second-order valence-electron chi connectivity index (χ2n) is 8.48. The number of nitrogens with zero attached hydrogens (tertiary/aromatic N) is 1. The van der Waals surface area contributed by atoms with Gasteiger partial charge in [-0.2, -0.15) is 0 Å². The minimum atomic E-state index is -0.227. The van der Waals surface area contributed by atoms with E-state index in [1.165, 1.54) is 19.3 Å². The number of unbranched alkanes of at least 4 members (excludes halogenated alkanes) is 4. The van der Waals surface area contributed by atoms with Gasteiger partial charge in [-0.1, -0.05) is 62.6 Å². The molecule has 3 rings (SSSR count). The zero-order chi connectivity index (χ0) is 24.2. The van der Waals surface area contributed by atoms with Gasteiger partial charge in [0.05, 0.1) is 7.11 Å². The van der Waals surface area contributed by atoms with E-state index in [1.54, 1.807) is 13.2 Å². The van der Waals surface area contributed by atoms with Crippen LogP contribution in [0.3, 0.4) is 0 Å². The average Bonchev–Trinajstić information content (AvgIpc) is 3.24. The predicted molar refractivity (Wildman–Crippen MR) is 136 cm³/mol. The third-order valence-electron chi connectivity index (χ3n) is 5.89. The van der Waals surface area contributed by atoms with Gasteiger partial charge < -0.3 is 14.0 Å². The van der Waals surface area contributed by atoms with E-state index in [2.05, 4.69) is 11.5 Å². The van der Waals surface area contributed by atoms with E-state index < -0.39 is 0 Å².